The monoisotopic (exact) mass is 283 g/mol. The van der Waals surface area contributed by atoms with Crippen LogP contribution in [0.2, 0.25) is 0 Å². The molecule has 0 spiro atoms. The zero-order valence-electron chi connectivity index (χ0n) is 10.8. The molecule has 4 nitrogen and oxygen atoms in total. The Hall–Kier alpha value is -0.880. The predicted octanol–water partition coefficient (Wildman–Crippen LogP) is 4.03. The van der Waals surface area contributed by atoms with Gasteiger partial charge in [0.05, 0.1) is 5.25 Å². The van der Waals surface area contributed by atoms with Gasteiger partial charge in [-0.05, 0) is 20.3 Å². The van der Waals surface area contributed by atoms with Crippen LogP contribution < -0.4 is 0 Å². The van der Waals surface area contributed by atoms with Crippen molar-refractivity contribution in [3.8, 4) is 0 Å². The van der Waals surface area contributed by atoms with Crippen LogP contribution in [-0.2, 0) is 6.42 Å². The van der Waals surface area contributed by atoms with E-state index in [4.69, 9.17) is 4.52 Å². The molecule has 0 aliphatic heterocycles. The smallest absolute Gasteiger partial charge is 0.239 e. The summed E-state index contributed by atoms with van der Waals surface area (Å²) < 4.78 is 6.35. The van der Waals surface area contributed by atoms with Crippen molar-refractivity contribution >= 4 is 23.1 Å². The molecule has 1 unspecified atom stereocenters. The normalized spacial score (nSPS) is 12.8. The quantitative estimate of drug-likeness (QED) is 0.749. The SMILES string of the molecule is CCCCc1noc(C(C)Sc2nc(C)cs2)n1. The van der Waals surface area contributed by atoms with Crippen molar-refractivity contribution in [3.63, 3.8) is 0 Å². The summed E-state index contributed by atoms with van der Waals surface area (Å²) in [7, 11) is 0. The predicted molar refractivity (Wildman–Crippen MR) is 74.0 cm³/mol. The highest BCUT2D eigenvalue weighted by Crippen LogP contribution is 2.35. The van der Waals surface area contributed by atoms with E-state index in [0.29, 0.717) is 5.89 Å². The van der Waals surface area contributed by atoms with Crippen molar-refractivity contribution in [1.29, 1.82) is 0 Å². The van der Waals surface area contributed by atoms with Crippen molar-refractivity contribution in [2.24, 2.45) is 0 Å². The zero-order chi connectivity index (χ0) is 13.0. The molecule has 0 N–H and O–H groups in total. The van der Waals surface area contributed by atoms with Gasteiger partial charge in [0.25, 0.3) is 0 Å². The molecule has 0 aliphatic carbocycles. The molecule has 0 saturated heterocycles. The minimum atomic E-state index is 0.151. The summed E-state index contributed by atoms with van der Waals surface area (Å²) in [6.07, 6.45) is 3.15. The van der Waals surface area contributed by atoms with E-state index >= 15 is 0 Å². The molecule has 0 fully saturated rings. The molecule has 2 aromatic rings. The Bertz CT molecular complexity index is 495. The lowest BCUT2D eigenvalue weighted by atomic mass is 10.2. The highest BCUT2D eigenvalue weighted by Gasteiger charge is 2.16. The van der Waals surface area contributed by atoms with Crippen LogP contribution in [0.25, 0.3) is 0 Å². The third-order valence-corrected chi connectivity index (χ3v) is 4.64. The second kappa shape index (κ2) is 6.33. The summed E-state index contributed by atoms with van der Waals surface area (Å²) >= 11 is 3.32. The lowest BCUT2D eigenvalue weighted by Crippen LogP contribution is -1.91. The molecule has 98 valence electrons. The third kappa shape index (κ3) is 3.55. The number of thiazole rings is 1. The molecule has 2 aromatic heterocycles. The largest absolute Gasteiger partial charge is 0.338 e. The Kier molecular flexibility index (Phi) is 4.77. The zero-order valence-corrected chi connectivity index (χ0v) is 12.5. The van der Waals surface area contributed by atoms with Crippen LogP contribution in [-0.4, -0.2) is 15.1 Å². The van der Waals surface area contributed by atoms with Crippen molar-refractivity contribution < 1.29 is 4.52 Å². The summed E-state index contributed by atoms with van der Waals surface area (Å²) in [6, 6.07) is 0. The van der Waals surface area contributed by atoms with Gasteiger partial charge in [-0.15, -0.1) is 11.3 Å². The van der Waals surface area contributed by atoms with Gasteiger partial charge in [0.2, 0.25) is 5.89 Å². The molecule has 0 saturated carbocycles. The van der Waals surface area contributed by atoms with Crippen molar-refractivity contribution in [1.82, 2.24) is 15.1 Å². The summed E-state index contributed by atoms with van der Waals surface area (Å²) in [5.74, 6) is 1.51. The van der Waals surface area contributed by atoms with Gasteiger partial charge in [0, 0.05) is 17.5 Å². The number of aryl methyl sites for hydroxylation is 2. The van der Waals surface area contributed by atoms with E-state index in [1.165, 1.54) is 0 Å². The number of rotatable bonds is 6. The number of unbranched alkanes of at least 4 members (excludes halogenated alkanes) is 1. The molecular weight excluding hydrogens is 266 g/mol. The Morgan fingerprint density at radius 2 is 2.28 bits per heavy atom. The number of aromatic nitrogens is 3. The Balaban J connectivity index is 1.96. The molecule has 0 radical (unpaired) electrons. The summed E-state index contributed by atoms with van der Waals surface area (Å²) in [5.41, 5.74) is 1.06. The molecule has 1 atom stereocenters. The Labute approximate surface area is 115 Å². The van der Waals surface area contributed by atoms with Crippen LogP contribution in [0.15, 0.2) is 14.2 Å². The molecule has 6 heteroatoms. The maximum absolute atomic E-state index is 5.30. The molecule has 0 amide bonds. The maximum atomic E-state index is 5.30. The first-order valence-electron chi connectivity index (χ1n) is 6.10. The standard InChI is InChI=1S/C12H17N3OS2/c1-4-5-6-10-14-11(16-15-10)9(3)18-12-13-8(2)7-17-12/h7,9H,4-6H2,1-3H3. The fourth-order valence-corrected chi connectivity index (χ4v) is 3.47. The van der Waals surface area contributed by atoms with Crippen molar-refractivity contribution in [3.05, 3.63) is 22.8 Å². The molecular formula is C12H17N3OS2. The fourth-order valence-electron chi connectivity index (χ4n) is 1.46. The van der Waals surface area contributed by atoms with Crippen LogP contribution >= 0.6 is 23.1 Å². The summed E-state index contributed by atoms with van der Waals surface area (Å²) in [4.78, 5) is 8.85. The van der Waals surface area contributed by atoms with E-state index in [2.05, 4.69) is 34.4 Å². The first-order valence-corrected chi connectivity index (χ1v) is 7.86. The van der Waals surface area contributed by atoms with Crippen LogP contribution in [0.1, 0.15) is 49.3 Å². The third-order valence-electron chi connectivity index (χ3n) is 2.46. The number of hydrogen-bond acceptors (Lipinski definition) is 6. The molecule has 18 heavy (non-hydrogen) atoms. The second-order valence-corrected chi connectivity index (χ2v) is 6.61. The number of hydrogen-bond donors (Lipinski definition) is 0. The van der Waals surface area contributed by atoms with Gasteiger partial charge >= 0.3 is 0 Å². The van der Waals surface area contributed by atoms with Gasteiger partial charge in [-0.1, -0.05) is 30.3 Å². The van der Waals surface area contributed by atoms with Crippen LogP contribution in [0.5, 0.6) is 0 Å². The van der Waals surface area contributed by atoms with Gasteiger partial charge in [0.15, 0.2) is 10.2 Å². The van der Waals surface area contributed by atoms with Crippen LogP contribution in [0.4, 0.5) is 0 Å². The highest BCUT2D eigenvalue weighted by atomic mass is 32.2. The molecule has 0 aliphatic rings. The van der Waals surface area contributed by atoms with Gasteiger partial charge in [0.1, 0.15) is 0 Å². The van der Waals surface area contributed by atoms with Crippen LogP contribution in [0, 0.1) is 6.92 Å². The lowest BCUT2D eigenvalue weighted by Gasteiger charge is -2.01. The number of thioether (sulfide) groups is 1. The van der Waals surface area contributed by atoms with Crippen LogP contribution in [0.3, 0.4) is 0 Å². The summed E-state index contributed by atoms with van der Waals surface area (Å²) in [6.45, 7) is 6.23. The molecule has 0 aromatic carbocycles. The van der Waals surface area contributed by atoms with E-state index in [9.17, 15) is 0 Å². The first-order chi connectivity index (χ1) is 8.69. The number of nitrogens with zero attached hydrogens (tertiary/aromatic N) is 3. The highest BCUT2D eigenvalue weighted by molar-refractivity contribution is 8.01. The second-order valence-electron chi connectivity index (χ2n) is 4.17. The van der Waals surface area contributed by atoms with E-state index in [1.807, 2.05) is 6.92 Å². The maximum Gasteiger partial charge on any atom is 0.239 e. The average molecular weight is 283 g/mol. The first kappa shape index (κ1) is 13.5. The average Bonchev–Trinajstić information content (AvgIpc) is 2.96. The molecule has 2 heterocycles. The van der Waals surface area contributed by atoms with Gasteiger partial charge in [-0.3, -0.25) is 0 Å². The minimum Gasteiger partial charge on any atom is -0.338 e. The van der Waals surface area contributed by atoms with E-state index in [0.717, 1.165) is 35.1 Å². The molecule has 0 bridgehead atoms. The van der Waals surface area contributed by atoms with Crippen molar-refractivity contribution in [2.75, 3.05) is 0 Å². The van der Waals surface area contributed by atoms with E-state index in [1.54, 1.807) is 23.1 Å². The van der Waals surface area contributed by atoms with Crippen molar-refractivity contribution in [2.45, 2.75) is 49.6 Å². The van der Waals surface area contributed by atoms with E-state index in [-0.39, 0.29) is 5.25 Å². The van der Waals surface area contributed by atoms with E-state index < -0.39 is 0 Å². The van der Waals surface area contributed by atoms with Gasteiger partial charge in [-0.2, -0.15) is 4.98 Å². The Morgan fingerprint density at radius 1 is 1.44 bits per heavy atom. The topological polar surface area (TPSA) is 51.8 Å². The van der Waals surface area contributed by atoms with Gasteiger partial charge < -0.3 is 4.52 Å². The lowest BCUT2D eigenvalue weighted by molar-refractivity contribution is 0.374. The van der Waals surface area contributed by atoms with Gasteiger partial charge in [-0.25, -0.2) is 4.98 Å². The molecule has 2 rings (SSSR count). The fraction of sp³-hybridized carbons (Fsp3) is 0.583. The Morgan fingerprint density at radius 3 is 2.94 bits per heavy atom. The minimum absolute atomic E-state index is 0.151. The summed E-state index contributed by atoms with van der Waals surface area (Å²) in [5, 5.41) is 6.21.